The van der Waals surface area contributed by atoms with E-state index < -0.39 is 8.56 Å². The Labute approximate surface area is 126 Å². The topological polar surface area (TPSA) is 73.3 Å². The van der Waals surface area contributed by atoms with Crippen molar-refractivity contribution >= 4 is 8.56 Å². The Morgan fingerprint density at radius 3 is 2.38 bits per heavy atom. The average Bonchev–Trinajstić information content (AvgIpc) is 2.42. The molecule has 0 spiro atoms. The molecule has 7 heteroatoms. The van der Waals surface area contributed by atoms with Crippen molar-refractivity contribution in [3.63, 3.8) is 0 Å². The number of aromatic amines is 1. The number of H-pyrrole nitrogens is 1. The summed E-state index contributed by atoms with van der Waals surface area (Å²) in [5.74, 6) is 0. The molecule has 0 radical (unpaired) electrons. The molecule has 0 saturated carbocycles. The number of rotatable bonds is 10. The lowest BCUT2D eigenvalue weighted by molar-refractivity contribution is 0.188. The van der Waals surface area contributed by atoms with Gasteiger partial charge in [-0.15, -0.1) is 0 Å². The van der Waals surface area contributed by atoms with Crippen LogP contribution < -0.4 is 11.2 Å². The summed E-state index contributed by atoms with van der Waals surface area (Å²) in [4.78, 5) is 25.6. The van der Waals surface area contributed by atoms with Crippen LogP contribution in [0.3, 0.4) is 0 Å². The molecule has 1 rings (SSSR count). The number of nitrogens with zero attached hydrogens (tertiary/aromatic N) is 1. The van der Waals surface area contributed by atoms with Gasteiger partial charge in [0.05, 0.1) is 0 Å². The first-order valence-electron chi connectivity index (χ1n) is 7.59. The van der Waals surface area contributed by atoms with Crippen LogP contribution in [-0.2, 0) is 15.4 Å². The summed E-state index contributed by atoms with van der Waals surface area (Å²) < 4.78 is 12.8. The van der Waals surface area contributed by atoms with Crippen LogP contribution in [0.15, 0.2) is 21.9 Å². The third-order valence-corrected chi connectivity index (χ3v) is 6.42. The predicted molar refractivity (Wildman–Crippen MR) is 84.9 cm³/mol. The summed E-state index contributed by atoms with van der Waals surface area (Å²) >= 11 is 0. The lowest BCUT2D eigenvalue weighted by Gasteiger charge is -2.25. The van der Waals surface area contributed by atoms with Gasteiger partial charge in [-0.1, -0.05) is 12.8 Å². The minimum atomic E-state index is -2.04. The molecule has 21 heavy (non-hydrogen) atoms. The fourth-order valence-electron chi connectivity index (χ4n) is 2.35. The molecule has 1 aromatic heterocycles. The quantitative estimate of drug-likeness (QED) is 0.528. The second-order valence-electron chi connectivity index (χ2n) is 5.08. The third-order valence-electron chi connectivity index (χ3n) is 3.36. The highest BCUT2D eigenvalue weighted by atomic mass is 28.4. The van der Waals surface area contributed by atoms with E-state index in [1.807, 2.05) is 13.8 Å². The Kier molecular flexibility index (Phi) is 7.63. The highest BCUT2D eigenvalue weighted by Gasteiger charge is 2.29. The summed E-state index contributed by atoms with van der Waals surface area (Å²) in [6, 6.07) is 2.31. The van der Waals surface area contributed by atoms with E-state index in [0.29, 0.717) is 19.8 Å². The van der Waals surface area contributed by atoms with Crippen molar-refractivity contribution in [2.75, 3.05) is 13.2 Å². The lowest BCUT2D eigenvalue weighted by atomic mass is 10.2. The molecule has 1 heterocycles. The van der Waals surface area contributed by atoms with Crippen LogP contribution in [0.1, 0.15) is 33.1 Å². The second kappa shape index (κ2) is 8.96. The molecule has 6 nitrogen and oxygen atoms in total. The molecule has 120 valence electrons. The van der Waals surface area contributed by atoms with Gasteiger partial charge in [-0.25, -0.2) is 4.79 Å². The van der Waals surface area contributed by atoms with Gasteiger partial charge in [-0.3, -0.25) is 9.36 Å². The zero-order valence-electron chi connectivity index (χ0n) is 13.2. The number of unbranched alkanes of at least 4 members (excludes halogenated alkanes) is 2. The van der Waals surface area contributed by atoms with Crippen LogP contribution in [0.2, 0.25) is 12.6 Å². The van der Waals surface area contributed by atoms with Gasteiger partial charge in [-0.2, -0.15) is 0 Å². The van der Waals surface area contributed by atoms with Gasteiger partial charge in [0.15, 0.2) is 0 Å². The van der Waals surface area contributed by atoms with Gasteiger partial charge < -0.3 is 13.8 Å². The summed E-state index contributed by atoms with van der Waals surface area (Å²) in [7, 11) is -2.04. The number of hydrogen-bond donors (Lipinski definition) is 1. The Bertz CT molecular complexity index is 492. The van der Waals surface area contributed by atoms with Gasteiger partial charge >= 0.3 is 14.3 Å². The maximum atomic E-state index is 11.5. The van der Waals surface area contributed by atoms with E-state index in [4.69, 9.17) is 8.85 Å². The molecule has 1 aromatic rings. The highest BCUT2D eigenvalue weighted by molar-refractivity contribution is 6.66. The van der Waals surface area contributed by atoms with Crippen molar-refractivity contribution in [3.05, 3.63) is 33.1 Å². The number of hydrogen-bond acceptors (Lipinski definition) is 4. The van der Waals surface area contributed by atoms with E-state index in [0.717, 1.165) is 25.3 Å². The molecule has 1 N–H and O–H groups in total. The summed E-state index contributed by atoms with van der Waals surface area (Å²) in [6.45, 7) is 7.87. The molecular weight excluding hydrogens is 288 g/mol. The van der Waals surface area contributed by atoms with E-state index >= 15 is 0 Å². The first kappa shape index (κ1) is 17.9. The minimum Gasteiger partial charge on any atom is -0.395 e. The van der Waals surface area contributed by atoms with Crippen LogP contribution in [0.25, 0.3) is 0 Å². The van der Waals surface area contributed by atoms with Gasteiger partial charge in [0.1, 0.15) is 0 Å². The second-order valence-corrected chi connectivity index (χ2v) is 8.43. The molecule has 0 aliphatic rings. The average molecular weight is 314 g/mol. The van der Waals surface area contributed by atoms with Crippen molar-refractivity contribution < 1.29 is 8.85 Å². The minimum absolute atomic E-state index is 0.249. The summed E-state index contributed by atoms with van der Waals surface area (Å²) in [5.41, 5.74) is -0.591. The Hall–Kier alpha value is -1.18. The van der Waals surface area contributed by atoms with Crippen LogP contribution in [0.5, 0.6) is 0 Å². The SMILES string of the molecule is CCO[Si](C)(CCCCCn1c(=O)cc[nH]c1=O)OCC. The number of nitrogens with one attached hydrogen (secondary N) is 1. The highest BCUT2D eigenvalue weighted by Crippen LogP contribution is 2.17. The van der Waals surface area contributed by atoms with E-state index in [9.17, 15) is 9.59 Å². The van der Waals surface area contributed by atoms with Gasteiger partial charge in [0, 0.05) is 32.0 Å². The summed E-state index contributed by atoms with van der Waals surface area (Å²) in [6.07, 6.45) is 4.11. The zero-order chi connectivity index (χ0) is 15.7. The first-order chi connectivity index (χ1) is 10.0. The van der Waals surface area contributed by atoms with Gasteiger partial charge in [0.25, 0.3) is 5.56 Å². The van der Waals surface area contributed by atoms with E-state index in [2.05, 4.69) is 11.5 Å². The lowest BCUT2D eigenvalue weighted by Crippen LogP contribution is -2.38. The summed E-state index contributed by atoms with van der Waals surface area (Å²) in [5, 5.41) is 0. The molecule has 0 fully saturated rings. The monoisotopic (exact) mass is 314 g/mol. The normalized spacial score (nSPS) is 11.8. The molecule has 0 amide bonds. The van der Waals surface area contributed by atoms with Gasteiger partial charge in [0.2, 0.25) is 0 Å². The fraction of sp³-hybridized carbons (Fsp3) is 0.714. The van der Waals surface area contributed by atoms with Crippen molar-refractivity contribution in [2.45, 2.75) is 52.2 Å². The standard InChI is InChI=1S/C14H26N2O4Si/c1-4-19-21(3,20-5-2)12-8-6-7-11-16-13(17)9-10-15-14(16)18/h9-10H,4-8,11-12H2,1-3H3,(H,15,18). The fourth-order valence-corrected chi connectivity index (χ4v) is 4.84. The van der Waals surface area contributed by atoms with Crippen LogP contribution in [0, 0.1) is 0 Å². The van der Waals surface area contributed by atoms with E-state index in [-0.39, 0.29) is 11.2 Å². The molecule has 0 aliphatic heterocycles. The van der Waals surface area contributed by atoms with Crippen LogP contribution in [0.4, 0.5) is 0 Å². The molecular formula is C14H26N2O4Si. The first-order valence-corrected chi connectivity index (χ1v) is 10.1. The van der Waals surface area contributed by atoms with E-state index in [1.54, 1.807) is 0 Å². The number of aromatic nitrogens is 2. The maximum absolute atomic E-state index is 11.5. The molecule has 0 atom stereocenters. The van der Waals surface area contributed by atoms with Crippen molar-refractivity contribution in [1.82, 2.24) is 9.55 Å². The Morgan fingerprint density at radius 2 is 1.81 bits per heavy atom. The molecule has 0 unspecified atom stereocenters. The van der Waals surface area contributed by atoms with Gasteiger partial charge in [-0.05, 0) is 32.9 Å². The van der Waals surface area contributed by atoms with Crippen molar-refractivity contribution in [3.8, 4) is 0 Å². The maximum Gasteiger partial charge on any atom is 0.334 e. The third kappa shape index (κ3) is 5.99. The molecule has 0 aliphatic carbocycles. The molecule has 0 bridgehead atoms. The molecule has 0 saturated heterocycles. The Morgan fingerprint density at radius 1 is 1.14 bits per heavy atom. The Balaban J connectivity index is 2.37. The van der Waals surface area contributed by atoms with Crippen LogP contribution in [-0.4, -0.2) is 31.3 Å². The van der Waals surface area contributed by atoms with E-state index in [1.165, 1.54) is 16.8 Å². The van der Waals surface area contributed by atoms with Crippen molar-refractivity contribution in [2.24, 2.45) is 0 Å². The smallest absolute Gasteiger partial charge is 0.334 e. The zero-order valence-corrected chi connectivity index (χ0v) is 14.2. The van der Waals surface area contributed by atoms with Crippen LogP contribution >= 0.6 is 0 Å². The molecule has 0 aromatic carbocycles. The largest absolute Gasteiger partial charge is 0.395 e. The predicted octanol–water partition coefficient (Wildman–Crippen LogP) is 1.85. The van der Waals surface area contributed by atoms with Crippen molar-refractivity contribution in [1.29, 1.82) is 0 Å².